The van der Waals surface area contributed by atoms with Gasteiger partial charge in [0.25, 0.3) is 5.91 Å². The first-order chi connectivity index (χ1) is 13.0. The van der Waals surface area contributed by atoms with E-state index < -0.39 is 5.91 Å². The van der Waals surface area contributed by atoms with Crippen LogP contribution in [0.25, 0.3) is 5.69 Å². The molecular formula is C18H16ClN5O2S. The molecule has 1 aromatic heterocycles. The van der Waals surface area contributed by atoms with Crippen molar-refractivity contribution in [3.8, 4) is 5.69 Å². The lowest BCUT2D eigenvalue weighted by molar-refractivity contribution is -0.119. The molecule has 0 unspecified atom stereocenters. The summed E-state index contributed by atoms with van der Waals surface area (Å²) in [5, 5.41) is 8.82. The van der Waals surface area contributed by atoms with Gasteiger partial charge in [-0.2, -0.15) is 0 Å². The van der Waals surface area contributed by atoms with Gasteiger partial charge in [0.15, 0.2) is 5.16 Å². The van der Waals surface area contributed by atoms with Gasteiger partial charge in [0, 0.05) is 5.69 Å². The number of carbonyl (C=O) groups excluding carboxylic acids is 2. The summed E-state index contributed by atoms with van der Waals surface area (Å²) < 4.78 is 1.79. The van der Waals surface area contributed by atoms with Crippen LogP contribution in [0, 0.1) is 6.92 Å². The molecule has 0 radical (unpaired) electrons. The molecular weight excluding hydrogens is 386 g/mol. The summed E-state index contributed by atoms with van der Waals surface area (Å²) in [5.74, 6) is -0.798. The number of aromatic nitrogens is 3. The lowest BCUT2D eigenvalue weighted by atomic mass is 10.2. The summed E-state index contributed by atoms with van der Waals surface area (Å²) in [6.07, 6.45) is 1.59. The second-order valence-corrected chi connectivity index (χ2v) is 6.94. The van der Waals surface area contributed by atoms with E-state index in [1.54, 1.807) is 35.2 Å². The van der Waals surface area contributed by atoms with Crippen LogP contribution in [-0.4, -0.2) is 32.3 Å². The number of hydrogen-bond acceptors (Lipinski definition) is 5. The summed E-state index contributed by atoms with van der Waals surface area (Å²) in [4.78, 5) is 24.0. The monoisotopic (exact) mass is 401 g/mol. The lowest BCUT2D eigenvalue weighted by Crippen LogP contribution is -2.42. The van der Waals surface area contributed by atoms with Gasteiger partial charge >= 0.3 is 0 Å². The summed E-state index contributed by atoms with van der Waals surface area (Å²) >= 11 is 7.16. The minimum Gasteiger partial charge on any atom is -0.277 e. The van der Waals surface area contributed by atoms with Crippen LogP contribution < -0.4 is 10.9 Å². The van der Waals surface area contributed by atoms with Gasteiger partial charge in [-0.25, -0.2) is 0 Å². The van der Waals surface area contributed by atoms with E-state index in [4.69, 9.17) is 11.6 Å². The second-order valence-electron chi connectivity index (χ2n) is 5.59. The van der Waals surface area contributed by atoms with E-state index in [-0.39, 0.29) is 17.2 Å². The molecule has 0 saturated heterocycles. The number of benzene rings is 2. The van der Waals surface area contributed by atoms with Crippen LogP contribution in [-0.2, 0) is 4.79 Å². The van der Waals surface area contributed by atoms with Crippen LogP contribution in [0.1, 0.15) is 15.9 Å². The number of rotatable bonds is 5. The summed E-state index contributed by atoms with van der Waals surface area (Å²) in [7, 11) is 0. The second kappa shape index (κ2) is 8.70. The highest BCUT2D eigenvalue weighted by Gasteiger charge is 2.13. The highest BCUT2D eigenvalue weighted by atomic mass is 35.5. The molecule has 9 heteroatoms. The summed E-state index contributed by atoms with van der Waals surface area (Å²) in [6.45, 7) is 2.01. The normalized spacial score (nSPS) is 10.4. The first kappa shape index (κ1) is 18.9. The summed E-state index contributed by atoms with van der Waals surface area (Å²) in [6, 6.07) is 14.5. The lowest BCUT2D eigenvalue weighted by Gasteiger charge is -2.09. The molecule has 7 nitrogen and oxygen atoms in total. The Morgan fingerprint density at radius 3 is 2.59 bits per heavy atom. The number of hydrazine groups is 1. The van der Waals surface area contributed by atoms with Crippen molar-refractivity contribution in [2.45, 2.75) is 12.1 Å². The smallest absolute Gasteiger partial charge is 0.271 e. The van der Waals surface area contributed by atoms with E-state index in [1.165, 1.54) is 11.8 Å². The van der Waals surface area contributed by atoms with Crippen LogP contribution in [0.2, 0.25) is 5.02 Å². The van der Waals surface area contributed by atoms with Crippen molar-refractivity contribution >= 4 is 35.2 Å². The van der Waals surface area contributed by atoms with Crippen LogP contribution in [0.4, 0.5) is 0 Å². The molecule has 27 heavy (non-hydrogen) atoms. The maximum atomic E-state index is 12.0. The van der Waals surface area contributed by atoms with Crippen molar-refractivity contribution in [1.29, 1.82) is 0 Å². The van der Waals surface area contributed by atoms with E-state index in [0.29, 0.717) is 10.2 Å². The Bertz CT molecular complexity index is 958. The van der Waals surface area contributed by atoms with Gasteiger partial charge in [-0.1, -0.05) is 53.2 Å². The first-order valence-electron chi connectivity index (χ1n) is 7.98. The van der Waals surface area contributed by atoms with Crippen molar-refractivity contribution in [1.82, 2.24) is 25.6 Å². The molecule has 0 aliphatic heterocycles. The number of nitrogens with one attached hydrogen (secondary N) is 2. The molecule has 3 aromatic rings. The third kappa shape index (κ3) is 4.87. The Morgan fingerprint density at radius 1 is 1.11 bits per heavy atom. The van der Waals surface area contributed by atoms with E-state index in [9.17, 15) is 9.59 Å². The fourth-order valence-corrected chi connectivity index (χ4v) is 3.16. The fourth-order valence-electron chi connectivity index (χ4n) is 2.21. The van der Waals surface area contributed by atoms with Gasteiger partial charge in [-0.3, -0.25) is 25.0 Å². The zero-order valence-corrected chi connectivity index (χ0v) is 15.9. The number of thioether (sulfide) groups is 1. The minimum absolute atomic E-state index is 0.0629. The van der Waals surface area contributed by atoms with E-state index in [2.05, 4.69) is 21.0 Å². The minimum atomic E-state index is -0.484. The first-order valence-corrected chi connectivity index (χ1v) is 9.34. The highest BCUT2D eigenvalue weighted by Crippen LogP contribution is 2.19. The van der Waals surface area contributed by atoms with E-state index in [1.807, 2.05) is 31.2 Å². The van der Waals surface area contributed by atoms with Gasteiger partial charge in [0.05, 0.1) is 16.3 Å². The molecule has 0 saturated carbocycles. The van der Waals surface area contributed by atoms with Crippen molar-refractivity contribution in [3.05, 3.63) is 71.0 Å². The zero-order valence-electron chi connectivity index (χ0n) is 14.3. The predicted molar refractivity (Wildman–Crippen MR) is 104 cm³/mol. The Morgan fingerprint density at radius 2 is 1.85 bits per heavy atom. The Hall–Kier alpha value is -2.84. The molecule has 0 bridgehead atoms. The van der Waals surface area contributed by atoms with Crippen LogP contribution in [0.15, 0.2) is 60.0 Å². The maximum absolute atomic E-state index is 12.0. The number of hydrogen-bond donors (Lipinski definition) is 2. The van der Waals surface area contributed by atoms with Crippen molar-refractivity contribution < 1.29 is 9.59 Å². The zero-order chi connectivity index (χ0) is 19.2. The molecule has 2 aromatic carbocycles. The topological polar surface area (TPSA) is 88.9 Å². The average molecular weight is 402 g/mol. The average Bonchev–Trinajstić information content (AvgIpc) is 3.14. The molecule has 0 aliphatic carbocycles. The van der Waals surface area contributed by atoms with Gasteiger partial charge in [0.2, 0.25) is 5.91 Å². The molecule has 2 amide bonds. The van der Waals surface area contributed by atoms with Crippen LogP contribution in [0.5, 0.6) is 0 Å². The molecule has 138 valence electrons. The van der Waals surface area contributed by atoms with Crippen LogP contribution >= 0.6 is 23.4 Å². The molecule has 0 fully saturated rings. The van der Waals surface area contributed by atoms with Gasteiger partial charge in [-0.05, 0) is 31.2 Å². The third-order valence-electron chi connectivity index (χ3n) is 3.59. The standard InChI is InChI=1S/C18H16ClN5O2S/c1-12-6-8-13(9-7-12)24-11-20-23-18(24)27-10-16(25)21-22-17(26)14-4-2-3-5-15(14)19/h2-9,11H,10H2,1H3,(H,21,25)(H,22,26). The van der Waals surface area contributed by atoms with Gasteiger partial charge < -0.3 is 0 Å². The molecule has 3 rings (SSSR count). The number of halogens is 1. The van der Waals surface area contributed by atoms with Gasteiger partial charge in [0.1, 0.15) is 6.33 Å². The molecule has 0 atom stereocenters. The van der Waals surface area contributed by atoms with Crippen molar-refractivity contribution in [2.75, 3.05) is 5.75 Å². The predicted octanol–water partition coefficient (Wildman–Crippen LogP) is 2.78. The van der Waals surface area contributed by atoms with E-state index >= 15 is 0 Å². The Balaban J connectivity index is 1.54. The fraction of sp³-hybridized carbons (Fsp3) is 0.111. The van der Waals surface area contributed by atoms with Crippen molar-refractivity contribution in [3.63, 3.8) is 0 Å². The Labute approximate surface area is 165 Å². The van der Waals surface area contributed by atoms with E-state index in [0.717, 1.165) is 11.3 Å². The number of aryl methyl sites for hydroxylation is 1. The van der Waals surface area contributed by atoms with Crippen molar-refractivity contribution in [2.24, 2.45) is 0 Å². The molecule has 0 spiro atoms. The number of carbonyl (C=O) groups is 2. The van der Waals surface area contributed by atoms with Crippen LogP contribution in [0.3, 0.4) is 0 Å². The number of nitrogens with zero attached hydrogens (tertiary/aromatic N) is 3. The highest BCUT2D eigenvalue weighted by molar-refractivity contribution is 7.99. The maximum Gasteiger partial charge on any atom is 0.271 e. The molecule has 0 aliphatic rings. The van der Waals surface area contributed by atoms with Gasteiger partial charge in [-0.15, -0.1) is 10.2 Å². The molecule has 2 N–H and O–H groups in total. The summed E-state index contributed by atoms with van der Waals surface area (Å²) in [5.41, 5.74) is 7.04. The molecule has 1 heterocycles. The SMILES string of the molecule is Cc1ccc(-n2cnnc2SCC(=O)NNC(=O)c2ccccc2Cl)cc1. The quantitative estimate of drug-likeness (QED) is 0.507. The largest absolute Gasteiger partial charge is 0.277 e. The third-order valence-corrected chi connectivity index (χ3v) is 4.87. The number of amides is 2. The Kier molecular flexibility index (Phi) is 6.10.